The lowest BCUT2D eigenvalue weighted by molar-refractivity contribution is 0.105. The average molecular weight is 202 g/mol. The van der Waals surface area contributed by atoms with Gasteiger partial charge in [-0.1, -0.05) is 6.58 Å². The normalized spacial score (nSPS) is 12.8. The number of hydrogen-bond acceptors (Lipinski definition) is 2. The summed E-state index contributed by atoms with van der Waals surface area (Å²) in [5, 5.41) is 0. The Morgan fingerprint density at radius 2 is 1.77 bits per heavy atom. The van der Waals surface area contributed by atoms with Crippen LogP contribution >= 0.6 is 0 Å². The highest BCUT2D eigenvalue weighted by atomic mass is 28.4. The molecular weight excluding hydrogens is 180 g/mol. The molecule has 0 aliphatic heterocycles. The molecule has 0 aliphatic carbocycles. The third kappa shape index (κ3) is 8.06. The summed E-state index contributed by atoms with van der Waals surface area (Å²) in [6.45, 7) is 16.1. The summed E-state index contributed by atoms with van der Waals surface area (Å²) >= 11 is 0. The lowest BCUT2D eigenvalue weighted by Gasteiger charge is -2.32. The molecule has 0 unspecified atom stereocenters. The van der Waals surface area contributed by atoms with Gasteiger partial charge in [-0.05, 0) is 40.8 Å². The van der Waals surface area contributed by atoms with Crippen LogP contribution in [0.5, 0.6) is 0 Å². The van der Waals surface area contributed by atoms with Gasteiger partial charge in [-0.15, -0.1) is 0 Å². The van der Waals surface area contributed by atoms with Crippen molar-refractivity contribution in [3.8, 4) is 0 Å². The highest BCUT2D eigenvalue weighted by Crippen LogP contribution is 2.17. The van der Waals surface area contributed by atoms with Crippen LogP contribution in [0.2, 0.25) is 13.1 Å². The molecule has 78 valence electrons. The molecule has 0 rings (SSSR count). The summed E-state index contributed by atoms with van der Waals surface area (Å²) in [7, 11) is -1.68. The Bertz CT molecular complexity index is 180. The van der Waals surface area contributed by atoms with Crippen molar-refractivity contribution in [3.05, 3.63) is 12.3 Å². The molecule has 0 aromatic heterocycles. The minimum absolute atomic E-state index is 0.0752. The predicted octanol–water partition coefficient (Wildman–Crippen LogP) is 3.10. The van der Waals surface area contributed by atoms with Crippen LogP contribution in [0.3, 0.4) is 0 Å². The Hall–Kier alpha value is -0.283. The fourth-order valence-electron chi connectivity index (χ4n) is 1.16. The van der Waals surface area contributed by atoms with E-state index in [-0.39, 0.29) is 5.60 Å². The SMILES string of the molecule is C=C(C)OC[Si](C)(C)OC(C)(C)C. The topological polar surface area (TPSA) is 18.5 Å². The average Bonchev–Trinajstić information content (AvgIpc) is 1.78. The first-order chi connectivity index (χ1) is 5.62. The zero-order chi connectivity index (χ0) is 10.7. The Morgan fingerprint density at radius 1 is 1.31 bits per heavy atom. The Kier molecular flexibility index (Phi) is 4.19. The summed E-state index contributed by atoms with van der Waals surface area (Å²) in [4.78, 5) is 0. The first-order valence-electron chi connectivity index (χ1n) is 4.61. The fourth-order valence-corrected chi connectivity index (χ4v) is 3.47. The van der Waals surface area contributed by atoms with Crippen LogP contribution in [0, 0.1) is 0 Å². The highest BCUT2D eigenvalue weighted by Gasteiger charge is 2.29. The first kappa shape index (κ1) is 12.7. The van der Waals surface area contributed by atoms with E-state index in [0.29, 0.717) is 6.23 Å². The Balaban J connectivity index is 4.01. The van der Waals surface area contributed by atoms with E-state index in [2.05, 4.69) is 40.4 Å². The largest absolute Gasteiger partial charge is 0.499 e. The van der Waals surface area contributed by atoms with Crippen LogP contribution < -0.4 is 0 Å². The maximum atomic E-state index is 5.95. The van der Waals surface area contributed by atoms with Gasteiger partial charge in [-0.3, -0.25) is 0 Å². The van der Waals surface area contributed by atoms with E-state index in [0.717, 1.165) is 5.76 Å². The van der Waals surface area contributed by atoms with Crippen LogP contribution in [-0.2, 0) is 9.16 Å². The van der Waals surface area contributed by atoms with E-state index in [4.69, 9.17) is 9.16 Å². The molecule has 0 radical (unpaired) electrons. The minimum Gasteiger partial charge on any atom is -0.499 e. The fraction of sp³-hybridized carbons (Fsp3) is 0.800. The van der Waals surface area contributed by atoms with E-state index in [1.54, 1.807) is 0 Å². The van der Waals surface area contributed by atoms with Crippen molar-refractivity contribution in [2.45, 2.75) is 46.4 Å². The lowest BCUT2D eigenvalue weighted by atomic mass is 10.2. The molecule has 0 saturated heterocycles. The highest BCUT2D eigenvalue weighted by molar-refractivity contribution is 6.71. The molecule has 0 amide bonds. The second-order valence-corrected chi connectivity index (χ2v) is 8.98. The van der Waals surface area contributed by atoms with Crippen LogP contribution in [0.15, 0.2) is 12.3 Å². The molecule has 0 spiro atoms. The van der Waals surface area contributed by atoms with Gasteiger partial charge in [-0.2, -0.15) is 0 Å². The maximum Gasteiger partial charge on any atom is 0.225 e. The molecule has 0 aromatic rings. The summed E-state index contributed by atoms with van der Waals surface area (Å²) in [6.07, 6.45) is 0.680. The molecule has 13 heavy (non-hydrogen) atoms. The van der Waals surface area contributed by atoms with Crippen molar-refractivity contribution in [2.75, 3.05) is 6.23 Å². The number of ether oxygens (including phenoxy) is 1. The van der Waals surface area contributed by atoms with Crippen molar-refractivity contribution in [2.24, 2.45) is 0 Å². The molecule has 2 nitrogen and oxygen atoms in total. The van der Waals surface area contributed by atoms with Crippen LogP contribution in [0.25, 0.3) is 0 Å². The molecule has 0 saturated carbocycles. The van der Waals surface area contributed by atoms with Gasteiger partial charge in [0.25, 0.3) is 0 Å². The third-order valence-electron chi connectivity index (χ3n) is 1.25. The molecule has 0 aromatic carbocycles. The Morgan fingerprint density at radius 3 is 2.08 bits per heavy atom. The smallest absolute Gasteiger partial charge is 0.225 e. The molecule has 0 heterocycles. The number of rotatable bonds is 4. The summed E-state index contributed by atoms with van der Waals surface area (Å²) in [6, 6.07) is 0. The van der Waals surface area contributed by atoms with Gasteiger partial charge < -0.3 is 9.16 Å². The molecule has 0 atom stereocenters. The Labute approximate surface area is 83.1 Å². The maximum absolute atomic E-state index is 5.95. The van der Waals surface area contributed by atoms with E-state index in [1.165, 1.54) is 0 Å². The van der Waals surface area contributed by atoms with Crippen LogP contribution in [0.4, 0.5) is 0 Å². The van der Waals surface area contributed by atoms with E-state index in [1.807, 2.05) is 6.92 Å². The molecule has 0 fully saturated rings. The van der Waals surface area contributed by atoms with E-state index < -0.39 is 8.32 Å². The summed E-state index contributed by atoms with van der Waals surface area (Å²) in [5.41, 5.74) is -0.0752. The van der Waals surface area contributed by atoms with Crippen molar-refractivity contribution in [3.63, 3.8) is 0 Å². The van der Waals surface area contributed by atoms with Gasteiger partial charge in [0, 0.05) is 5.60 Å². The van der Waals surface area contributed by atoms with Crippen molar-refractivity contribution in [1.29, 1.82) is 0 Å². The quantitative estimate of drug-likeness (QED) is 0.515. The monoisotopic (exact) mass is 202 g/mol. The second kappa shape index (κ2) is 4.29. The second-order valence-electron chi connectivity index (χ2n) is 4.96. The van der Waals surface area contributed by atoms with Gasteiger partial charge in [0.05, 0.1) is 5.76 Å². The molecule has 0 aliphatic rings. The summed E-state index contributed by atoms with van der Waals surface area (Å²) < 4.78 is 11.3. The third-order valence-corrected chi connectivity index (χ3v) is 3.25. The van der Waals surface area contributed by atoms with Crippen molar-refractivity contribution >= 4 is 8.32 Å². The van der Waals surface area contributed by atoms with E-state index in [9.17, 15) is 0 Å². The minimum atomic E-state index is -1.68. The van der Waals surface area contributed by atoms with Gasteiger partial charge in [0.2, 0.25) is 8.32 Å². The standard InChI is InChI=1S/C10H22O2Si/c1-9(2)11-8-13(6,7)12-10(3,4)5/h1,8H2,2-7H3. The van der Waals surface area contributed by atoms with Crippen molar-refractivity contribution in [1.82, 2.24) is 0 Å². The number of hydrogen-bond donors (Lipinski definition) is 0. The van der Waals surface area contributed by atoms with Gasteiger partial charge >= 0.3 is 0 Å². The van der Waals surface area contributed by atoms with Crippen LogP contribution in [0.1, 0.15) is 27.7 Å². The molecule has 0 N–H and O–H groups in total. The van der Waals surface area contributed by atoms with Crippen molar-refractivity contribution < 1.29 is 9.16 Å². The lowest BCUT2D eigenvalue weighted by Crippen LogP contribution is -2.43. The summed E-state index contributed by atoms with van der Waals surface area (Å²) in [5.74, 6) is 0.762. The molecule has 3 heteroatoms. The molecular formula is C10H22O2Si. The van der Waals surface area contributed by atoms with Gasteiger partial charge in [0.1, 0.15) is 6.23 Å². The first-order valence-corrected chi connectivity index (χ1v) is 7.72. The van der Waals surface area contributed by atoms with E-state index >= 15 is 0 Å². The predicted molar refractivity (Wildman–Crippen MR) is 59.1 cm³/mol. The van der Waals surface area contributed by atoms with Gasteiger partial charge in [-0.25, -0.2) is 0 Å². The van der Waals surface area contributed by atoms with Crippen LogP contribution in [-0.4, -0.2) is 20.1 Å². The zero-order valence-corrected chi connectivity index (χ0v) is 10.7. The zero-order valence-electron chi connectivity index (χ0n) is 9.73. The number of allylic oxidation sites excluding steroid dienone is 1. The molecule has 0 bridgehead atoms. The van der Waals surface area contributed by atoms with Gasteiger partial charge in [0.15, 0.2) is 0 Å².